The minimum atomic E-state index is -3.55. The molecule has 0 atom stereocenters. The molecule has 2 aromatic heterocycles. The maximum Gasteiger partial charge on any atom is 0.356 e. The topological polar surface area (TPSA) is 159 Å². The van der Waals surface area contributed by atoms with E-state index in [-0.39, 0.29) is 61.4 Å². The molecule has 0 bridgehead atoms. The van der Waals surface area contributed by atoms with Crippen molar-refractivity contribution in [1.29, 1.82) is 0 Å². The van der Waals surface area contributed by atoms with Crippen LogP contribution in [0.5, 0.6) is 0 Å². The van der Waals surface area contributed by atoms with Gasteiger partial charge in [-0.1, -0.05) is 11.6 Å². The summed E-state index contributed by atoms with van der Waals surface area (Å²) in [6.07, 6.45) is -0.441. The van der Waals surface area contributed by atoms with Gasteiger partial charge in [-0.3, -0.25) is 9.13 Å². The van der Waals surface area contributed by atoms with E-state index in [0.29, 0.717) is 11.2 Å². The van der Waals surface area contributed by atoms with Crippen molar-refractivity contribution in [2.45, 2.75) is 85.8 Å². The minimum Gasteiger partial charge on any atom is -0.368 e. The lowest BCUT2D eigenvalue weighted by Crippen LogP contribution is -2.23. The van der Waals surface area contributed by atoms with Gasteiger partial charge in [0.2, 0.25) is 5.95 Å². The largest absolute Gasteiger partial charge is 0.368 e. The van der Waals surface area contributed by atoms with Crippen molar-refractivity contribution < 1.29 is 36.7 Å². The summed E-state index contributed by atoms with van der Waals surface area (Å²) in [5.41, 5.74) is 6.48. The van der Waals surface area contributed by atoms with E-state index in [1.165, 1.54) is 6.33 Å². The molecule has 218 valence electrons. The zero-order valence-corrected chi connectivity index (χ0v) is 25.7. The monoisotopic (exact) mass is 599 g/mol. The highest BCUT2D eigenvalue weighted by molar-refractivity contribution is 7.53. The second-order valence-electron chi connectivity index (χ2n) is 9.69. The average Bonchev–Trinajstić information content (AvgIpc) is 3.14. The van der Waals surface area contributed by atoms with Crippen molar-refractivity contribution in [1.82, 2.24) is 19.5 Å². The molecule has 0 unspecified atom stereocenters. The highest BCUT2D eigenvalue weighted by Crippen LogP contribution is 2.51. The molecule has 0 aliphatic rings. The number of rotatable bonds is 17. The molecule has 0 fully saturated rings. The van der Waals surface area contributed by atoms with Crippen LogP contribution >= 0.6 is 26.8 Å². The zero-order valence-electron chi connectivity index (χ0n) is 23.2. The maximum absolute atomic E-state index is 13.2. The number of nitrogen functional groups attached to an aromatic ring is 1. The average molecular weight is 600 g/mol. The molecular formula is C22H40ClN5O8P2. The first-order valence-corrected chi connectivity index (χ1v) is 16.2. The summed E-state index contributed by atoms with van der Waals surface area (Å²) in [6, 6.07) is -0.580. The molecule has 0 amide bonds. The van der Waals surface area contributed by atoms with E-state index < -0.39 is 21.2 Å². The van der Waals surface area contributed by atoms with Gasteiger partial charge >= 0.3 is 15.2 Å². The highest BCUT2D eigenvalue weighted by atomic mass is 35.5. The molecule has 0 aliphatic carbocycles. The predicted molar refractivity (Wildman–Crippen MR) is 146 cm³/mol. The molecule has 0 radical (unpaired) electrons. The first-order valence-electron chi connectivity index (χ1n) is 12.4. The number of hydrogen-bond donors (Lipinski definition) is 1. The van der Waals surface area contributed by atoms with Gasteiger partial charge in [0.1, 0.15) is 18.2 Å². The van der Waals surface area contributed by atoms with E-state index in [2.05, 4.69) is 15.0 Å². The molecule has 0 aliphatic heterocycles. The third-order valence-electron chi connectivity index (χ3n) is 4.39. The Balaban J connectivity index is 2.27. The van der Waals surface area contributed by atoms with Crippen molar-refractivity contribution in [3.8, 4) is 0 Å². The Morgan fingerprint density at radius 1 is 0.816 bits per heavy atom. The van der Waals surface area contributed by atoms with E-state index >= 15 is 0 Å². The Kier molecular flexibility index (Phi) is 12.6. The molecule has 0 aromatic carbocycles. The van der Waals surface area contributed by atoms with Crippen molar-refractivity contribution in [3.63, 3.8) is 0 Å². The highest BCUT2D eigenvalue weighted by Gasteiger charge is 2.31. The van der Waals surface area contributed by atoms with E-state index in [4.69, 9.17) is 44.9 Å². The number of nitrogens with two attached hydrogens (primary N) is 1. The standard InChI is InChI=1S/C22H40ClN5O8P2/c1-14(2)33-37(29,34-15(3)4)12-31-9-18(10-32-13-38(30,35-16(5)6)36-17(7)8)28-11-25-19-20(23)26-22(24)27-21(19)28/h11,14-18H,9-10,12-13H2,1-8H3,(H2,24,26,27). The van der Waals surface area contributed by atoms with Crippen LogP contribution in [-0.4, -0.2) is 69.8 Å². The van der Waals surface area contributed by atoms with Crippen molar-refractivity contribution in [3.05, 3.63) is 11.5 Å². The molecule has 13 nitrogen and oxygen atoms in total. The van der Waals surface area contributed by atoms with Crippen LogP contribution in [0.15, 0.2) is 6.33 Å². The lowest BCUT2D eigenvalue weighted by atomic mass is 10.3. The van der Waals surface area contributed by atoms with E-state index in [1.54, 1.807) is 60.0 Å². The second-order valence-corrected chi connectivity index (χ2v) is 13.9. The molecule has 38 heavy (non-hydrogen) atoms. The number of anilines is 1. The van der Waals surface area contributed by atoms with Gasteiger partial charge in [0.25, 0.3) is 0 Å². The number of imidazole rings is 1. The predicted octanol–water partition coefficient (Wildman–Crippen LogP) is 5.64. The van der Waals surface area contributed by atoms with Crippen molar-refractivity contribution >= 4 is 43.9 Å². The smallest absolute Gasteiger partial charge is 0.356 e. The third-order valence-corrected chi connectivity index (χ3v) is 8.63. The first kappa shape index (κ1) is 33.1. The Hall–Kier alpha value is -1.14. The summed E-state index contributed by atoms with van der Waals surface area (Å²) < 4.78 is 61.9. The Bertz CT molecular complexity index is 1060. The van der Waals surface area contributed by atoms with Gasteiger partial charge < -0.3 is 37.9 Å². The van der Waals surface area contributed by atoms with Crippen LogP contribution in [0.4, 0.5) is 5.95 Å². The van der Waals surface area contributed by atoms with Crippen molar-refractivity contribution in [2.24, 2.45) is 0 Å². The van der Waals surface area contributed by atoms with Crippen LogP contribution in [0.3, 0.4) is 0 Å². The molecule has 0 saturated heterocycles. The number of fused-ring (bicyclic) bond motifs is 1. The molecule has 2 heterocycles. The van der Waals surface area contributed by atoms with Crippen LogP contribution in [0.25, 0.3) is 11.2 Å². The lowest BCUT2D eigenvalue weighted by molar-refractivity contribution is 0.0474. The molecule has 2 rings (SSSR count). The van der Waals surface area contributed by atoms with Crippen LogP contribution in [0.1, 0.15) is 61.4 Å². The van der Waals surface area contributed by atoms with Gasteiger partial charge in [-0.2, -0.15) is 9.97 Å². The SMILES string of the molecule is CC(C)OP(=O)(COCC(COCP(=O)(OC(C)C)OC(C)C)n1cnc2c(Cl)nc(N)nc21)OC(C)C. The van der Waals surface area contributed by atoms with E-state index in [1.807, 2.05) is 0 Å². The Morgan fingerprint density at radius 2 is 1.24 bits per heavy atom. The molecule has 0 saturated carbocycles. The van der Waals surface area contributed by atoms with E-state index in [9.17, 15) is 9.13 Å². The summed E-state index contributed by atoms with van der Waals surface area (Å²) in [7, 11) is -7.10. The summed E-state index contributed by atoms with van der Waals surface area (Å²) >= 11 is 6.19. The fraction of sp³-hybridized carbons (Fsp3) is 0.773. The van der Waals surface area contributed by atoms with Gasteiger partial charge in [-0.25, -0.2) is 4.98 Å². The Labute approximate surface area is 229 Å². The van der Waals surface area contributed by atoms with Gasteiger partial charge in [-0.05, 0) is 55.4 Å². The van der Waals surface area contributed by atoms with Crippen LogP contribution in [0, 0.1) is 0 Å². The molecule has 0 spiro atoms. The van der Waals surface area contributed by atoms with E-state index in [0.717, 1.165) is 0 Å². The first-order chi connectivity index (χ1) is 17.6. The van der Waals surface area contributed by atoms with Gasteiger partial charge in [0, 0.05) is 0 Å². The van der Waals surface area contributed by atoms with Crippen LogP contribution in [0.2, 0.25) is 5.15 Å². The van der Waals surface area contributed by atoms with Crippen LogP contribution in [-0.2, 0) is 36.7 Å². The summed E-state index contributed by atoms with van der Waals surface area (Å²) in [5, 5.41) is 0.0900. The fourth-order valence-corrected chi connectivity index (χ4v) is 7.22. The molecular weight excluding hydrogens is 560 g/mol. The summed E-state index contributed by atoms with van der Waals surface area (Å²) in [4.78, 5) is 12.5. The number of nitrogens with zero attached hydrogens (tertiary/aromatic N) is 4. The molecule has 2 aromatic rings. The van der Waals surface area contributed by atoms with Gasteiger partial charge in [0.05, 0.1) is 50.0 Å². The fourth-order valence-electron chi connectivity index (χ4n) is 3.43. The Morgan fingerprint density at radius 3 is 1.63 bits per heavy atom. The summed E-state index contributed by atoms with van der Waals surface area (Å²) in [6.45, 7) is 14.0. The molecule has 2 N–H and O–H groups in total. The third kappa shape index (κ3) is 10.4. The second kappa shape index (κ2) is 14.5. The minimum absolute atomic E-state index is 0.0136. The summed E-state index contributed by atoms with van der Waals surface area (Å²) in [5.74, 6) is -0.0369. The normalized spacial score (nSPS) is 13.3. The van der Waals surface area contributed by atoms with Crippen molar-refractivity contribution in [2.75, 3.05) is 31.6 Å². The van der Waals surface area contributed by atoms with Gasteiger partial charge in [-0.15, -0.1) is 0 Å². The number of aromatic nitrogens is 4. The number of halogens is 1. The van der Waals surface area contributed by atoms with Crippen LogP contribution < -0.4 is 5.73 Å². The lowest BCUT2D eigenvalue weighted by Gasteiger charge is -2.26. The number of hydrogen-bond acceptors (Lipinski definition) is 12. The van der Waals surface area contributed by atoms with Gasteiger partial charge in [0.15, 0.2) is 10.8 Å². The molecule has 16 heteroatoms. The zero-order chi connectivity index (χ0) is 28.7. The quantitative estimate of drug-likeness (QED) is 0.176. The number of ether oxygens (including phenoxy) is 2. The maximum atomic E-state index is 13.2.